The molecule has 1 unspecified atom stereocenters. The molecule has 0 aromatic heterocycles. The molecule has 0 saturated heterocycles. The van der Waals surface area contributed by atoms with Crippen LogP contribution in [0.1, 0.15) is 18.1 Å². The highest BCUT2D eigenvalue weighted by Gasteiger charge is 2.20. The number of aliphatic carboxylic acids is 1. The minimum absolute atomic E-state index is 0.250. The molecular weight excluding hydrogens is 234 g/mol. The Morgan fingerprint density at radius 3 is 2.67 bits per heavy atom. The lowest BCUT2D eigenvalue weighted by Gasteiger charge is -2.22. The van der Waals surface area contributed by atoms with Crippen molar-refractivity contribution >= 4 is 5.97 Å². The molecule has 1 aromatic carbocycles. The van der Waals surface area contributed by atoms with Crippen molar-refractivity contribution in [1.82, 2.24) is 4.90 Å². The van der Waals surface area contributed by atoms with Crippen LogP contribution in [0, 0.1) is 6.92 Å². The first-order valence-corrected chi connectivity index (χ1v) is 5.81. The molecule has 5 nitrogen and oxygen atoms in total. The number of carboxylic acids is 1. The summed E-state index contributed by atoms with van der Waals surface area (Å²) >= 11 is 0. The quantitative estimate of drug-likeness (QED) is 0.881. The van der Waals surface area contributed by atoms with Crippen LogP contribution >= 0.6 is 0 Å². The Labute approximate surface area is 106 Å². The number of nitrogens with zero attached hydrogens (tertiary/aromatic N) is 1. The average Bonchev–Trinajstić information content (AvgIpc) is 2.75. The molecule has 0 spiro atoms. The molecule has 0 saturated carbocycles. The van der Waals surface area contributed by atoms with Crippen molar-refractivity contribution in [2.75, 3.05) is 13.8 Å². The topological polar surface area (TPSA) is 59.0 Å². The number of ether oxygens (including phenoxy) is 2. The zero-order valence-corrected chi connectivity index (χ0v) is 10.8. The first kappa shape index (κ1) is 12.7. The van der Waals surface area contributed by atoms with Gasteiger partial charge in [0.25, 0.3) is 0 Å². The zero-order valence-electron chi connectivity index (χ0n) is 10.8. The van der Waals surface area contributed by atoms with E-state index in [0.29, 0.717) is 6.54 Å². The maximum atomic E-state index is 10.9. The summed E-state index contributed by atoms with van der Waals surface area (Å²) in [5.41, 5.74) is 2.12. The molecule has 1 aliphatic rings. The number of rotatable bonds is 4. The van der Waals surface area contributed by atoms with E-state index in [0.717, 1.165) is 22.6 Å². The summed E-state index contributed by atoms with van der Waals surface area (Å²) in [5.74, 6) is 0.660. The van der Waals surface area contributed by atoms with E-state index in [9.17, 15) is 4.79 Å². The first-order chi connectivity index (χ1) is 8.49. The second-order valence-corrected chi connectivity index (χ2v) is 4.56. The van der Waals surface area contributed by atoms with Gasteiger partial charge in [0.2, 0.25) is 6.79 Å². The molecule has 1 heterocycles. The highest BCUT2D eigenvalue weighted by Crippen LogP contribution is 2.34. The van der Waals surface area contributed by atoms with Crippen molar-refractivity contribution < 1.29 is 19.4 Å². The van der Waals surface area contributed by atoms with Crippen molar-refractivity contribution in [1.29, 1.82) is 0 Å². The maximum Gasteiger partial charge on any atom is 0.320 e. The van der Waals surface area contributed by atoms with Crippen LogP contribution in [0.25, 0.3) is 0 Å². The summed E-state index contributed by atoms with van der Waals surface area (Å²) in [6, 6.07) is 3.33. The van der Waals surface area contributed by atoms with Gasteiger partial charge in [-0.1, -0.05) is 0 Å². The second kappa shape index (κ2) is 4.86. The first-order valence-electron chi connectivity index (χ1n) is 5.81. The van der Waals surface area contributed by atoms with Gasteiger partial charge in [-0.2, -0.15) is 0 Å². The van der Waals surface area contributed by atoms with E-state index in [1.807, 2.05) is 19.1 Å². The Hall–Kier alpha value is -1.75. The van der Waals surface area contributed by atoms with E-state index in [-0.39, 0.29) is 6.79 Å². The number of aryl methyl sites for hydroxylation is 1. The van der Waals surface area contributed by atoms with Gasteiger partial charge < -0.3 is 14.6 Å². The van der Waals surface area contributed by atoms with Crippen LogP contribution in [0.15, 0.2) is 12.1 Å². The van der Waals surface area contributed by atoms with Gasteiger partial charge in [-0.15, -0.1) is 0 Å². The molecule has 1 N–H and O–H groups in total. The Balaban J connectivity index is 2.17. The molecule has 1 atom stereocenters. The van der Waals surface area contributed by atoms with E-state index in [2.05, 4.69) is 0 Å². The van der Waals surface area contributed by atoms with Gasteiger partial charge in [0, 0.05) is 6.54 Å². The molecule has 0 radical (unpaired) electrons. The molecule has 0 aliphatic carbocycles. The number of carbonyl (C=O) groups is 1. The molecule has 0 fully saturated rings. The Kier molecular flexibility index (Phi) is 3.43. The van der Waals surface area contributed by atoms with Gasteiger partial charge in [-0.3, -0.25) is 9.69 Å². The number of likely N-dealkylation sites (N-methyl/N-ethyl adjacent to an activating group) is 1. The van der Waals surface area contributed by atoms with Crippen molar-refractivity contribution in [3.8, 4) is 11.5 Å². The minimum Gasteiger partial charge on any atom is -0.480 e. The average molecular weight is 251 g/mol. The van der Waals surface area contributed by atoms with Crippen molar-refractivity contribution in [2.45, 2.75) is 26.4 Å². The van der Waals surface area contributed by atoms with Gasteiger partial charge in [-0.25, -0.2) is 0 Å². The standard InChI is InChI=1S/C13H17NO4/c1-8-4-11-12(18-7-17-11)5-10(8)6-14(3)9(2)13(15)16/h4-5,9H,6-7H2,1-3H3,(H,15,16). The number of benzene rings is 1. The maximum absolute atomic E-state index is 10.9. The van der Waals surface area contributed by atoms with Crippen LogP contribution in [0.2, 0.25) is 0 Å². The van der Waals surface area contributed by atoms with Crippen molar-refractivity contribution in [2.24, 2.45) is 0 Å². The van der Waals surface area contributed by atoms with Gasteiger partial charge in [0.1, 0.15) is 6.04 Å². The van der Waals surface area contributed by atoms with Gasteiger partial charge >= 0.3 is 5.97 Å². The van der Waals surface area contributed by atoms with Gasteiger partial charge in [-0.05, 0) is 44.2 Å². The fraction of sp³-hybridized carbons (Fsp3) is 0.462. The Morgan fingerprint density at radius 1 is 1.44 bits per heavy atom. The number of carboxylic acid groups (broad SMARTS) is 1. The van der Waals surface area contributed by atoms with Crippen LogP contribution in [0.4, 0.5) is 0 Å². The predicted octanol–water partition coefficient (Wildman–Crippen LogP) is 1.63. The molecular formula is C13H17NO4. The number of hydrogen-bond acceptors (Lipinski definition) is 4. The van der Waals surface area contributed by atoms with E-state index < -0.39 is 12.0 Å². The van der Waals surface area contributed by atoms with Crippen molar-refractivity contribution in [3.05, 3.63) is 23.3 Å². The molecule has 98 valence electrons. The summed E-state index contributed by atoms with van der Waals surface area (Å²) in [5, 5.41) is 8.97. The molecule has 1 aliphatic heterocycles. The monoisotopic (exact) mass is 251 g/mol. The van der Waals surface area contributed by atoms with Crippen LogP contribution in [-0.4, -0.2) is 35.9 Å². The lowest BCUT2D eigenvalue weighted by atomic mass is 10.1. The molecule has 2 rings (SSSR count). The van der Waals surface area contributed by atoms with E-state index in [1.165, 1.54) is 0 Å². The van der Waals surface area contributed by atoms with Crippen LogP contribution in [-0.2, 0) is 11.3 Å². The Bertz CT molecular complexity index is 472. The van der Waals surface area contributed by atoms with E-state index in [1.54, 1.807) is 18.9 Å². The zero-order chi connectivity index (χ0) is 13.3. The molecule has 18 heavy (non-hydrogen) atoms. The van der Waals surface area contributed by atoms with Crippen LogP contribution in [0.5, 0.6) is 11.5 Å². The smallest absolute Gasteiger partial charge is 0.320 e. The third kappa shape index (κ3) is 2.41. The minimum atomic E-state index is -0.823. The third-order valence-electron chi connectivity index (χ3n) is 3.27. The van der Waals surface area contributed by atoms with E-state index >= 15 is 0 Å². The summed E-state index contributed by atoms with van der Waals surface area (Å²) in [7, 11) is 1.79. The molecule has 0 amide bonds. The summed E-state index contributed by atoms with van der Waals surface area (Å²) in [4.78, 5) is 12.7. The SMILES string of the molecule is Cc1cc2c(cc1CN(C)C(C)C(=O)O)OCO2. The summed E-state index contributed by atoms with van der Waals surface area (Å²) in [6.07, 6.45) is 0. The number of fused-ring (bicyclic) bond motifs is 1. The second-order valence-electron chi connectivity index (χ2n) is 4.56. The van der Waals surface area contributed by atoms with Crippen LogP contribution in [0.3, 0.4) is 0 Å². The highest BCUT2D eigenvalue weighted by molar-refractivity contribution is 5.72. The molecule has 5 heteroatoms. The van der Waals surface area contributed by atoms with Gasteiger partial charge in [0.05, 0.1) is 0 Å². The van der Waals surface area contributed by atoms with Crippen LogP contribution < -0.4 is 9.47 Å². The fourth-order valence-corrected chi connectivity index (χ4v) is 1.85. The largest absolute Gasteiger partial charge is 0.480 e. The Morgan fingerprint density at radius 2 is 2.06 bits per heavy atom. The third-order valence-corrected chi connectivity index (χ3v) is 3.27. The van der Waals surface area contributed by atoms with Gasteiger partial charge in [0.15, 0.2) is 11.5 Å². The molecule has 1 aromatic rings. The number of hydrogen-bond donors (Lipinski definition) is 1. The summed E-state index contributed by atoms with van der Waals surface area (Å²) in [6.45, 7) is 4.47. The van der Waals surface area contributed by atoms with E-state index in [4.69, 9.17) is 14.6 Å². The summed E-state index contributed by atoms with van der Waals surface area (Å²) < 4.78 is 10.6. The molecule has 0 bridgehead atoms. The van der Waals surface area contributed by atoms with Crippen molar-refractivity contribution in [3.63, 3.8) is 0 Å². The predicted molar refractivity (Wildman–Crippen MR) is 65.9 cm³/mol. The lowest BCUT2D eigenvalue weighted by Crippen LogP contribution is -2.35. The lowest BCUT2D eigenvalue weighted by molar-refractivity contribution is -0.142. The highest BCUT2D eigenvalue weighted by atomic mass is 16.7. The normalized spacial score (nSPS) is 14.9. The fourth-order valence-electron chi connectivity index (χ4n) is 1.85.